The fraction of sp³-hybridized carbons (Fsp3) is 0.400. The first kappa shape index (κ1) is 16.7. The Kier molecular flexibility index (Phi) is 4.41. The second-order valence-corrected chi connectivity index (χ2v) is 7.42. The van der Waals surface area contributed by atoms with Gasteiger partial charge in [0, 0.05) is 13.1 Å². The smallest absolute Gasteiger partial charge is 0.154 e. The zero-order valence-corrected chi connectivity index (χ0v) is 15.5. The maximum Gasteiger partial charge on any atom is 0.154 e. The Morgan fingerprint density at radius 3 is 2.77 bits per heavy atom. The van der Waals surface area contributed by atoms with E-state index in [0.717, 1.165) is 47.1 Å². The standard InChI is InChI=1S/C20H24N6/c1-13(2)15-8-20(25-22-10-15)24-19-5-4-17-18(23-19)9-16(11-21-17)26-7-6-14(3)12-26/h4-5,8-11,13-14H,6-7,12H2,1-3H3,(H,23,24,25). The van der Waals surface area contributed by atoms with Crippen LogP contribution in [0.2, 0.25) is 0 Å². The van der Waals surface area contributed by atoms with Crippen LogP contribution in [0, 0.1) is 5.92 Å². The van der Waals surface area contributed by atoms with Gasteiger partial charge in [-0.25, -0.2) is 4.98 Å². The van der Waals surface area contributed by atoms with Crippen LogP contribution >= 0.6 is 0 Å². The van der Waals surface area contributed by atoms with E-state index in [1.54, 1.807) is 6.20 Å². The highest BCUT2D eigenvalue weighted by molar-refractivity contribution is 5.80. The van der Waals surface area contributed by atoms with Crippen LogP contribution < -0.4 is 10.2 Å². The minimum atomic E-state index is 0.408. The highest BCUT2D eigenvalue weighted by atomic mass is 15.2. The summed E-state index contributed by atoms with van der Waals surface area (Å²) in [5.74, 6) is 2.60. The molecule has 1 fully saturated rings. The highest BCUT2D eigenvalue weighted by Gasteiger charge is 2.19. The van der Waals surface area contributed by atoms with Gasteiger partial charge in [-0.2, -0.15) is 5.10 Å². The predicted molar refractivity (Wildman–Crippen MR) is 105 cm³/mol. The average molecular weight is 348 g/mol. The zero-order chi connectivity index (χ0) is 18.1. The first-order chi connectivity index (χ1) is 12.6. The summed E-state index contributed by atoms with van der Waals surface area (Å²) in [5.41, 5.74) is 4.08. The Morgan fingerprint density at radius 2 is 2.00 bits per heavy atom. The average Bonchev–Trinajstić information content (AvgIpc) is 3.08. The zero-order valence-electron chi connectivity index (χ0n) is 15.5. The molecule has 0 saturated carbocycles. The summed E-state index contributed by atoms with van der Waals surface area (Å²) in [6.07, 6.45) is 4.99. The quantitative estimate of drug-likeness (QED) is 0.764. The van der Waals surface area contributed by atoms with Crippen LogP contribution in [0.1, 0.15) is 38.7 Å². The Morgan fingerprint density at radius 1 is 1.12 bits per heavy atom. The molecule has 0 amide bonds. The largest absolute Gasteiger partial charge is 0.370 e. The van der Waals surface area contributed by atoms with Gasteiger partial charge in [0.15, 0.2) is 5.82 Å². The van der Waals surface area contributed by atoms with Crippen LogP contribution in [0.5, 0.6) is 0 Å². The van der Waals surface area contributed by atoms with Crippen molar-refractivity contribution >= 4 is 28.4 Å². The van der Waals surface area contributed by atoms with Gasteiger partial charge in [0.1, 0.15) is 5.82 Å². The Labute approximate surface area is 153 Å². The Bertz CT molecular complexity index is 923. The van der Waals surface area contributed by atoms with Gasteiger partial charge in [-0.05, 0) is 48.1 Å². The van der Waals surface area contributed by atoms with E-state index in [0.29, 0.717) is 11.7 Å². The predicted octanol–water partition coefficient (Wildman–Crippen LogP) is 4.13. The van der Waals surface area contributed by atoms with E-state index in [1.165, 1.54) is 6.42 Å². The van der Waals surface area contributed by atoms with Crippen molar-refractivity contribution in [3.05, 3.63) is 42.2 Å². The Balaban J connectivity index is 1.61. The van der Waals surface area contributed by atoms with Gasteiger partial charge >= 0.3 is 0 Å². The van der Waals surface area contributed by atoms with E-state index in [4.69, 9.17) is 4.98 Å². The number of fused-ring (bicyclic) bond motifs is 1. The van der Waals surface area contributed by atoms with Crippen molar-refractivity contribution in [2.45, 2.75) is 33.1 Å². The van der Waals surface area contributed by atoms with E-state index in [1.807, 2.05) is 24.4 Å². The number of nitrogens with zero attached hydrogens (tertiary/aromatic N) is 5. The summed E-state index contributed by atoms with van der Waals surface area (Å²) in [6.45, 7) is 8.75. The van der Waals surface area contributed by atoms with Gasteiger partial charge < -0.3 is 10.2 Å². The van der Waals surface area contributed by atoms with Gasteiger partial charge in [0.05, 0.1) is 29.1 Å². The number of nitrogens with one attached hydrogen (secondary N) is 1. The number of hydrogen-bond donors (Lipinski definition) is 1. The number of anilines is 3. The molecule has 4 rings (SSSR count). The van der Waals surface area contributed by atoms with Crippen LogP contribution in [0.25, 0.3) is 11.0 Å². The molecular weight excluding hydrogens is 324 g/mol. The topological polar surface area (TPSA) is 66.8 Å². The molecule has 1 saturated heterocycles. The van der Waals surface area contributed by atoms with Crippen LogP contribution in [0.3, 0.4) is 0 Å². The molecule has 134 valence electrons. The molecule has 0 spiro atoms. The van der Waals surface area contributed by atoms with Crippen molar-refractivity contribution in [1.29, 1.82) is 0 Å². The number of aromatic nitrogens is 4. The van der Waals surface area contributed by atoms with Crippen LogP contribution in [0.4, 0.5) is 17.3 Å². The third kappa shape index (κ3) is 3.45. The fourth-order valence-corrected chi connectivity index (χ4v) is 3.30. The van der Waals surface area contributed by atoms with Crippen LogP contribution in [0.15, 0.2) is 36.7 Å². The van der Waals surface area contributed by atoms with E-state index < -0.39 is 0 Å². The molecule has 1 N–H and O–H groups in total. The minimum absolute atomic E-state index is 0.408. The van der Waals surface area contributed by atoms with Gasteiger partial charge in [-0.1, -0.05) is 20.8 Å². The van der Waals surface area contributed by atoms with Gasteiger partial charge in [-0.3, -0.25) is 4.98 Å². The molecule has 1 aliphatic heterocycles. The van der Waals surface area contributed by atoms with Crippen molar-refractivity contribution in [3.63, 3.8) is 0 Å². The lowest BCUT2D eigenvalue weighted by molar-refractivity contribution is 0.659. The summed E-state index contributed by atoms with van der Waals surface area (Å²) >= 11 is 0. The number of hydrogen-bond acceptors (Lipinski definition) is 6. The van der Waals surface area contributed by atoms with Crippen molar-refractivity contribution in [1.82, 2.24) is 20.2 Å². The van der Waals surface area contributed by atoms with Crippen LogP contribution in [-0.4, -0.2) is 33.3 Å². The molecule has 3 aromatic heterocycles. The SMILES string of the molecule is CC1CCN(c2cnc3ccc(Nc4cc(C(C)C)cnn4)nc3c2)C1. The lowest BCUT2D eigenvalue weighted by Gasteiger charge is -2.18. The van der Waals surface area contributed by atoms with E-state index in [-0.39, 0.29) is 0 Å². The lowest BCUT2D eigenvalue weighted by Crippen LogP contribution is -2.19. The number of pyridine rings is 2. The van der Waals surface area contributed by atoms with Crippen molar-refractivity contribution in [2.24, 2.45) is 5.92 Å². The monoisotopic (exact) mass is 348 g/mol. The molecule has 3 aromatic rings. The van der Waals surface area contributed by atoms with Gasteiger partial charge in [0.25, 0.3) is 0 Å². The van der Waals surface area contributed by atoms with Crippen molar-refractivity contribution < 1.29 is 0 Å². The maximum atomic E-state index is 4.73. The third-order valence-electron chi connectivity index (χ3n) is 4.91. The molecule has 1 aliphatic rings. The first-order valence-electron chi connectivity index (χ1n) is 9.20. The van der Waals surface area contributed by atoms with Gasteiger partial charge in [-0.15, -0.1) is 5.10 Å². The highest BCUT2D eigenvalue weighted by Crippen LogP contribution is 2.26. The molecule has 0 aliphatic carbocycles. The van der Waals surface area contributed by atoms with E-state index in [2.05, 4.69) is 52.2 Å². The second kappa shape index (κ2) is 6.86. The van der Waals surface area contributed by atoms with Crippen molar-refractivity contribution in [3.8, 4) is 0 Å². The molecule has 0 radical (unpaired) electrons. The number of rotatable bonds is 4. The summed E-state index contributed by atoms with van der Waals surface area (Å²) in [4.78, 5) is 11.7. The summed E-state index contributed by atoms with van der Waals surface area (Å²) in [7, 11) is 0. The summed E-state index contributed by atoms with van der Waals surface area (Å²) < 4.78 is 0. The van der Waals surface area contributed by atoms with Gasteiger partial charge in [0.2, 0.25) is 0 Å². The normalized spacial score (nSPS) is 17.2. The molecule has 0 bridgehead atoms. The summed E-state index contributed by atoms with van der Waals surface area (Å²) in [5, 5.41) is 11.5. The molecule has 26 heavy (non-hydrogen) atoms. The lowest BCUT2D eigenvalue weighted by atomic mass is 10.1. The minimum Gasteiger partial charge on any atom is -0.370 e. The Hall–Kier alpha value is -2.76. The fourth-order valence-electron chi connectivity index (χ4n) is 3.30. The molecular formula is C20H24N6. The maximum absolute atomic E-state index is 4.73. The molecule has 6 heteroatoms. The van der Waals surface area contributed by atoms with E-state index in [9.17, 15) is 0 Å². The molecule has 1 atom stereocenters. The molecule has 6 nitrogen and oxygen atoms in total. The van der Waals surface area contributed by atoms with Crippen molar-refractivity contribution in [2.75, 3.05) is 23.3 Å². The molecule has 1 unspecified atom stereocenters. The molecule has 0 aromatic carbocycles. The first-order valence-corrected chi connectivity index (χ1v) is 9.20. The second-order valence-electron chi connectivity index (χ2n) is 7.42. The molecule has 4 heterocycles. The third-order valence-corrected chi connectivity index (χ3v) is 4.91. The van der Waals surface area contributed by atoms with Crippen LogP contribution in [-0.2, 0) is 0 Å². The summed E-state index contributed by atoms with van der Waals surface area (Å²) in [6, 6.07) is 8.06. The van der Waals surface area contributed by atoms with E-state index >= 15 is 0 Å².